The first-order valence-electron chi connectivity index (χ1n) is 8.95. The van der Waals surface area contributed by atoms with Gasteiger partial charge in [0.1, 0.15) is 5.52 Å². The number of halogens is 2. The van der Waals surface area contributed by atoms with Crippen molar-refractivity contribution in [1.82, 2.24) is 9.55 Å². The maximum atomic E-state index is 14.4. The largest absolute Gasteiger partial charge is 0.385 e. The molecule has 3 rings (SSSR count). The van der Waals surface area contributed by atoms with Gasteiger partial charge in [-0.25, -0.2) is 13.8 Å². The standard InChI is InChI=1S/C21H23F2N3O2/c1-20(2,3)26-18-15(11-10-14(22)17(18)23)24-19(26)25-16(27)12-21(4,28)13-8-6-5-7-9-13/h5-11,28H,12H2,1-4H3,(H,24,25,27). The van der Waals surface area contributed by atoms with Crippen LogP contribution in [0, 0.1) is 11.6 Å². The fourth-order valence-corrected chi connectivity index (χ4v) is 3.22. The number of aliphatic hydroxyl groups is 1. The lowest BCUT2D eigenvalue weighted by Gasteiger charge is -2.26. The van der Waals surface area contributed by atoms with E-state index in [1.54, 1.807) is 52.0 Å². The lowest BCUT2D eigenvalue weighted by atomic mass is 9.92. The summed E-state index contributed by atoms with van der Waals surface area (Å²) in [5.74, 6) is -2.39. The van der Waals surface area contributed by atoms with E-state index >= 15 is 0 Å². The molecular weight excluding hydrogens is 364 g/mol. The van der Waals surface area contributed by atoms with Crippen LogP contribution in [0.25, 0.3) is 11.0 Å². The number of rotatable bonds is 4. The first-order valence-corrected chi connectivity index (χ1v) is 8.95. The lowest BCUT2D eigenvalue weighted by molar-refractivity contribution is -0.120. The van der Waals surface area contributed by atoms with Gasteiger partial charge in [0.05, 0.1) is 17.5 Å². The van der Waals surface area contributed by atoms with Crippen molar-refractivity contribution in [2.75, 3.05) is 5.32 Å². The first kappa shape index (κ1) is 19.9. The van der Waals surface area contributed by atoms with Gasteiger partial charge in [-0.1, -0.05) is 30.3 Å². The van der Waals surface area contributed by atoms with E-state index in [1.807, 2.05) is 6.07 Å². The predicted octanol–water partition coefficient (Wildman–Crippen LogP) is 4.31. The summed E-state index contributed by atoms with van der Waals surface area (Å²) in [5, 5.41) is 13.3. The highest BCUT2D eigenvalue weighted by Crippen LogP contribution is 2.31. The van der Waals surface area contributed by atoms with Crippen molar-refractivity contribution in [2.24, 2.45) is 0 Å². The van der Waals surface area contributed by atoms with E-state index in [0.29, 0.717) is 5.56 Å². The Hall–Kier alpha value is -2.80. The van der Waals surface area contributed by atoms with E-state index < -0.39 is 28.7 Å². The number of benzene rings is 2. The molecule has 0 aliphatic carbocycles. The van der Waals surface area contributed by atoms with Gasteiger partial charge in [-0.15, -0.1) is 0 Å². The number of amides is 1. The van der Waals surface area contributed by atoms with Crippen LogP contribution in [-0.2, 0) is 15.9 Å². The number of nitrogens with one attached hydrogen (secondary N) is 1. The van der Waals surface area contributed by atoms with Gasteiger partial charge in [-0.2, -0.15) is 0 Å². The number of aromatic nitrogens is 2. The van der Waals surface area contributed by atoms with Crippen LogP contribution >= 0.6 is 0 Å². The lowest BCUT2D eigenvalue weighted by Crippen LogP contribution is -2.31. The van der Waals surface area contributed by atoms with Gasteiger partial charge in [-0.3, -0.25) is 10.1 Å². The molecule has 1 amide bonds. The topological polar surface area (TPSA) is 67.2 Å². The first-order chi connectivity index (χ1) is 13.0. The molecule has 1 heterocycles. The fourth-order valence-electron chi connectivity index (χ4n) is 3.22. The van der Waals surface area contributed by atoms with E-state index in [1.165, 1.54) is 10.6 Å². The van der Waals surface area contributed by atoms with Crippen LogP contribution in [0.2, 0.25) is 0 Å². The summed E-state index contributed by atoms with van der Waals surface area (Å²) in [7, 11) is 0. The number of carbonyl (C=O) groups is 1. The second-order valence-electron chi connectivity index (χ2n) is 8.04. The van der Waals surface area contributed by atoms with Gasteiger partial charge >= 0.3 is 0 Å². The molecule has 2 N–H and O–H groups in total. The molecule has 148 valence electrons. The van der Waals surface area contributed by atoms with Crippen molar-refractivity contribution < 1.29 is 18.7 Å². The highest BCUT2D eigenvalue weighted by molar-refractivity contribution is 5.92. The molecule has 28 heavy (non-hydrogen) atoms. The van der Waals surface area contributed by atoms with Crippen molar-refractivity contribution in [2.45, 2.75) is 45.3 Å². The summed E-state index contributed by atoms with van der Waals surface area (Å²) in [4.78, 5) is 16.9. The SMILES string of the molecule is CC(O)(CC(=O)Nc1nc2ccc(F)c(F)c2n1C(C)(C)C)c1ccccc1. The molecule has 1 unspecified atom stereocenters. The minimum absolute atomic E-state index is 0.0161. The molecule has 0 aliphatic rings. The highest BCUT2D eigenvalue weighted by Gasteiger charge is 2.30. The van der Waals surface area contributed by atoms with Crippen LogP contribution in [0.3, 0.4) is 0 Å². The van der Waals surface area contributed by atoms with Crippen LogP contribution in [0.15, 0.2) is 42.5 Å². The summed E-state index contributed by atoms with van der Waals surface area (Å²) in [6, 6.07) is 11.2. The molecule has 0 fully saturated rings. The molecular formula is C21H23F2N3O2. The second-order valence-corrected chi connectivity index (χ2v) is 8.04. The second kappa shape index (κ2) is 6.98. The van der Waals surface area contributed by atoms with Crippen molar-refractivity contribution in [3.05, 3.63) is 59.7 Å². The number of carbonyl (C=O) groups excluding carboxylic acids is 1. The van der Waals surface area contributed by atoms with Gasteiger partial charge in [-0.05, 0) is 45.4 Å². The van der Waals surface area contributed by atoms with E-state index in [9.17, 15) is 18.7 Å². The Morgan fingerprint density at radius 2 is 1.75 bits per heavy atom. The molecule has 2 aromatic carbocycles. The van der Waals surface area contributed by atoms with E-state index in [-0.39, 0.29) is 23.4 Å². The summed E-state index contributed by atoms with van der Waals surface area (Å²) in [6.45, 7) is 6.94. The van der Waals surface area contributed by atoms with E-state index in [4.69, 9.17) is 0 Å². The predicted molar refractivity (Wildman–Crippen MR) is 104 cm³/mol. The van der Waals surface area contributed by atoms with Crippen LogP contribution in [0.1, 0.15) is 39.7 Å². The van der Waals surface area contributed by atoms with Crippen molar-refractivity contribution in [1.29, 1.82) is 0 Å². The minimum Gasteiger partial charge on any atom is -0.385 e. The summed E-state index contributed by atoms with van der Waals surface area (Å²) >= 11 is 0. The molecule has 1 aromatic heterocycles. The fraction of sp³-hybridized carbons (Fsp3) is 0.333. The number of imidazole rings is 1. The highest BCUT2D eigenvalue weighted by atomic mass is 19.2. The van der Waals surface area contributed by atoms with Gasteiger partial charge < -0.3 is 9.67 Å². The molecule has 0 saturated heterocycles. The average molecular weight is 387 g/mol. The van der Waals surface area contributed by atoms with Gasteiger partial charge in [0.25, 0.3) is 0 Å². The van der Waals surface area contributed by atoms with Crippen molar-refractivity contribution >= 4 is 22.9 Å². The van der Waals surface area contributed by atoms with Gasteiger partial charge in [0.2, 0.25) is 11.9 Å². The Morgan fingerprint density at radius 1 is 1.11 bits per heavy atom. The number of fused-ring (bicyclic) bond motifs is 1. The maximum Gasteiger partial charge on any atom is 0.229 e. The van der Waals surface area contributed by atoms with Crippen LogP contribution in [0.4, 0.5) is 14.7 Å². The summed E-state index contributed by atoms with van der Waals surface area (Å²) in [5.41, 5.74) is -1.24. The van der Waals surface area contributed by atoms with Crippen LogP contribution in [-0.4, -0.2) is 20.6 Å². The monoisotopic (exact) mass is 387 g/mol. The minimum atomic E-state index is -1.39. The maximum absolute atomic E-state index is 14.4. The Kier molecular flexibility index (Phi) is 4.97. The molecule has 7 heteroatoms. The van der Waals surface area contributed by atoms with Crippen LogP contribution < -0.4 is 5.32 Å². The third-order valence-electron chi connectivity index (χ3n) is 4.53. The molecule has 3 aromatic rings. The molecule has 0 spiro atoms. The number of hydrogen-bond acceptors (Lipinski definition) is 3. The Labute approximate surface area is 162 Å². The Bertz CT molecular complexity index is 1020. The number of anilines is 1. The summed E-state index contributed by atoms with van der Waals surface area (Å²) in [6.07, 6.45) is -0.221. The molecule has 0 aliphatic heterocycles. The zero-order chi connectivity index (χ0) is 20.7. The quantitative estimate of drug-likeness (QED) is 0.701. The molecule has 1 atom stereocenters. The zero-order valence-corrected chi connectivity index (χ0v) is 16.3. The molecule has 0 bridgehead atoms. The third-order valence-corrected chi connectivity index (χ3v) is 4.53. The Morgan fingerprint density at radius 3 is 2.36 bits per heavy atom. The van der Waals surface area contributed by atoms with Gasteiger partial charge in [0, 0.05) is 5.54 Å². The van der Waals surface area contributed by atoms with E-state index in [2.05, 4.69) is 10.3 Å². The Balaban J connectivity index is 1.96. The van der Waals surface area contributed by atoms with Crippen molar-refractivity contribution in [3.63, 3.8) is 0 Å². The zero-order valence-electron chi connectivity index (χ0n) is 16.3. The van der Waals surface area contributed by atoms with Crippen LogP contribution in [0.5, 0.6) is 0 Å². The molecule has 0 radical (unpaired) electrons. The normalized spacial score (nSPS) is 14.1. The third kappa shape index (κ3) is 3.75. The number of hydrogen-bond donors (Lipinski definition) is 2. The number of nitrogens with zero attached hydrogens (tertiary/aromatic N) is 2. The van der Waals surface area contributed by atoms with Crippen molar-refractivity contribution in [3.8, 4) is 0 Å². The van der Waals surface area contributed by atoms with Gasteiger partial charge in [0.15, 0.2) is 11.6 Å². The average Bonchev–Trinajstić information content (AvgIpc) is 2.97. The molecule has 0 saturated carbocycles. The van der Waals surface area contributed by atoms with E-state index in [0.717, 1.165) is 6.07 Å². The summed E-state index contributed by atoms with van der Waals surface area (Å²) < 4.78 is 29.7. The smallest absolute Gasteiger partial charge is 0.229 e. The molecule has 5 nitrogen and oxygen atoms in total.